The topological polar surface area (TPSA) is 64.9 Å². The zero-order valence-corrected chi connectivity index (χ0v) is 7.58. The van der Waals surface area contributed by atoms with Crippen LogP contribution in [-0.4, -0.2) is 10.2 Å². The van der Waals surface area contributed by atoms with Gasteiger partial charge in [-0.2, -0.15) is 0 Å². The first-order valence-corrected chi connectivity index (χ1v) is 4.36. The van der Waals surface area contributed by atoms with Gasteiger partial charge in [-0.15, -0.1) is 5.10 Å². The Labute approximate surface area is 72.2 Å². The third-order valence-corrected chi connectivity index (χ3v) is 1.94. The van der Waals surface area contributed by atoms with Crippen molar-refractivity contribution in [2.24, 2.45) is 0 Å². The van der Waals surface area contributed by atoms with E-state index in [0.717, 1.165) is 19.3 Å². The van der Waals surface area contributed by atoms with E-state index in [0.29, 0.717) is 11.8 Å². The van der Waals surface area contributed by atoms with Crippen molar-refractivity contribution < 1.29 is 4.42 Å². The molecule has 1 rings (SSSR count). The second-order valence-electron chi connectivity index (χ2n) is 2.87. The Morgan fingerprint density at radius 2 is 2.17 bits per heavy atom. The largest absolute Gasteiger partial charge is 0.408 e. The molecule has 0 saturated carbocycles. The second-order valence-corrected chi connectivity index (χ2v) is 2.87. The van der Waals surface area contributed by atoms with Crippen molar-refractivity contribution in [3.05, 3.63) is 5.89 Å². The van der Waals surface area contributed by atoms with Crippen molar-refractivity contribution in [3.63, 3.8) is 0 Å². The lowest BCUT2D eigenvalue weighted by Gasteiger charge is -2.06. The van der Waals surface area contributed by atoms with Crippen LogP contribution < -0.4 is 5.73 Å². The van der Waals surface area contributed by atoms with Crippen molar-refractivity contribution in [2.45, 2.75) is 39.0 Å². The van der Waals surface area contributed by atoms with Gasteiger partial charge in [0.1, 0.15) is 0 Å². The number of anilines is 1. The summed E-state index contributed by atoms with van der Waals surface area (Å²) in [6.45, 7) is 4.25. The van der Waals surface area contributed by atoms with Crippen LogP contribution in [0.25, 0.3) is 0 Å². The number of nitrogen functional groups attached to an aromatic ring is 1. The molecule has 0 bridgehead atoms. The number of hydrogen-bond acceptors (Lipinski definition) is 4. The van der Waals surface area contributed by atoms with E-state index in [9.17, 15) is 0 Å². The van der Waals surface area contributed by atoms with E-state index in [1.54, 1.807) is 0 Å². The van der Waals surface area contributed by atoms with Crippen molar-refractivity contribution in [2.75, 3.05) is 5.73 Å². The molecular formula is C8H15N3O. The molecule has 1 heterocycles. The van der Waals surface area contributed by atoms with Crippen LogP contribution in [0.15, 0.2) is 4.42 Å². The van der Waals surface area contributed by atoms with Gasteiger partial charge in [0.2, 0.25) is 5.89 Å². The number of nitrogens with two attached hydrogens (primary N) is 1. The highest BCUT2D eigenvalue weighted by molar-refractivity contribution is 5.06. The van der Waals surface area contributed by atoms with Crippen LogP contribution in [-0.2, 0) is 0 Å². The van der Waals surface area contributed by atoms with Crippen LogP contribution in [0.2, 0.25) is 0 Å². The maximum atomic E-state index is 5.33. The molecule has 1 aromatic rings. The summed E-state index contributed by atoms with van der Waals surface area (Å²) in [6.07, 6.45) is 3.23. The standard InChI is InChI=1S/C8H15N3O/c1-3-5-6(4-2)7-10-11-8(9)12-7/h6H,3-5H2,1-2H3,(H2,9,11). The molecule has 0 aromatic carbocycles. The van der Waals surface area contributed by atoms with E-state index in [1.165, 1.54) is 0 Å². The van der Waals surface area contributed by atoms with Gasteiger partial charge >= 0.3 is 6.01 Å². The number of hydrogen-bond donors (Lipinski definition) is 1. The minimum absolute atomic E-state index is 0.166. The van der Waals surface area contributed by atoms with Gasteiger partial charge in [-0.05, 0) is 12.8 Å². The zero-order chi connectivity index (χ0) is 8.97. The van der Waals surface area contributed by atoms with Crippen molar-refractivity contribution in [3.8, 4) is 0 Å². The molecule has 1 aromatic heterocycles. The van der Waals surface area contributed by atoms with Crippen molar-refractivity contribution in [1.29, 1.82) is 0 Å². The molecule has 12 heavy (non-hydrogen) atoms. The molecule has 0 spiro atoms. The number of nitrogens with zero attached hydrogens (tertiary/aromatic N) is 2. The lowest BCUT2D eigenvalue weighted by atomic mass is 10.0. The monoisotopic (exact) mass is 169 g/mol. The summed E-state index contributed by atoms with van der Waals surface area (Å²) in [4.78, 5) is 0. The molecular weight excluding hydrogens is 154 g/mol. The molecule has 1 unspecified atom stereocenters. The van der Waals surface area contributed by atoms with Gasteiger partial charge < -0.3 is 10.2 Å². The molecule has 2 N–H and O–H groups in total. The summed E-state index contributed by atoms with van der Waals surface area (Å²) in [6, 6.07) is 0.166. The Hall–Kier alpha value is -1.06. The van der Waals surface area contributed by atoms with Gasteiger partial charge in [0.15, 0.2) is 0 Å². The second kappa shape index (κ2) is 4.09. The summed E-state index contributed by atoms with van der Waals surface area (Å²) in [5.41, 5.74) is 5.33. The fourth-order valence-corrected chi connectivity index (χ4v) is 1.26. The Bertz CT molecular complexity index is 234. The third-order valence-electron chi connectivity index (χ3n) is 1.94. The Kier molecular flexibility index (Phi) is 3.08. The molecule has 68 valence electrons. The lowest BCUT2D eigenvalue weighted by Crippen LogP contribution is -1.96. The summed E-state index contributed by atoms with van der Waals surface area (Å²) < 4.78 is 5.14. The van der Waals surface area contributed by atoms with Gasteiger partial charge in [-0.25, -0.2) is 0 Å². The Morgan fingerprint density at radius 1 is 1.42 bits per heavy atom. The average molecular weight is 169 g/mol. The van der Waals surface area contributed by atoms with Gasteiger partial charge in [0, 0.05) is 5.92 Å². The number of rotatable bonds is 4. The summed E-state index contributed by atoms with van der Waals surface area (Å²) in [5.74, 6) is 1.05. The lowest BCUT2D eigenvalue weighted by molar-refractivity contribution is 0.430. The fourth-order valence-electron chi connectivity index (χ4n) is 1.26. The zero-order valence-electron chi connectivity index (χ0n) is 7.58. The van der Waals surface area contributed by atoms with E-state index in [-0.39, 0.29) is 6.01 Å². The smallest absolute Gasteiger partial charge is 0.312 e. The molecule has 0 fully saturated rings. The normalized spacial score (nSPS) is 13.2. The van der Waals surface area contributed by atoms with Crippen LogP contribution in [0.1, 0.15) is 44.9 Å². The molecule has 4 heteroatoms. The molecule has 1 atom stereocenters. The van der Waals surface area contributed by atoms with E-state index in [4.69, 9.17) is 10.2 Å². The van der Waals surface area contributed by atoms with E-state index < -0.39 is 0 Å². The molecule has 0 aliphatic carbocycles. The Balaban J connectivity index is 2.66. The van der Waals surface area contributed by atoms with Gasteiger partial charge in [0.25, 0.3) is 0 Å². The van der Waals surface area contributed by atoms with E-state index in [1.807, 2.05) is 0 Å². The van der Waals surface area contributed by atoms with Crippen LogP contribution in [0, 0.1) is 0 Å². The molecule has 0 aliphatic heterocycles. The third kappa shape index (κ3) is 1.96. The van der Waals surface area contributed by atoms with Gasteiger partial charge in [-0.3, -0.25) is 0 Å². The minimum Gasteiger partial charge on any atom is -0.408 e. The first-order valence-electron chi connectivity index (χ1n) is 4.36. The Morgan fingerprint density at radius 3 is 2.58 bits per heavy atom. The highest BCUT2D eigenvalue weighted by Gasteiger charge is 2.14. The minimum atomic E-state index is 0.166. The number of aromatic nitrogens is 2. The molecule has 0 amide bonds. The first kappa shape index (κ1) is 9.03. The summed E-state index contributed by atoms with van der Waals surface area (Å²) in [5, 5.41) is 7.49. The molecule has 0 aliphatic rings. The quantitative estimate of drug-likeness (QED) is 0.748. The van der Waals surface area contributed by atoms with Crippen LogP contribution >= 0.6 is 0 Å². The molecule has 0 saturated heterocycles. The molecule has 4 nitrogen and oxygen atoms in total. The predicted molar refractivity (Wildman–Crippen MR) is 46.7 cm³/mol. The van der Waals surface area contributed by atoms with Crippen molar-refractivity contribution >= 4 is 6.01 Å². The predicted octanol–water partition coefficient (Wildman–Crippen LogP) is 1.95. The van der Waals surface area contributed by atoms with Gasteiger partial charge in [0.05, 0.1) is 0 Å². The van der Waals surface area contributed by atoms with E-state index >= 15 is 0 Å². The summed E-state index contributed by atoms with van der Waals surface area (Å²) >= 11 is 0. The fraction of sp³-hybridized carbons (Fsp3) is 0.750. The van der Waals surface area contributed by atoms with Crippen molar-refractivity contribution in [1.82, 2.24) is 10.2 Å². The maximum absolute atomic E-state index is 5.33. The highest BCUT2D eigenvalue weighted by atomic mass is 16.4. The SMILES string of the molecule is CCCC(CC)c1nnc(N)o1. The highest BCUT2D eigenvalue weighted by Crippen LogP contribution is 2.23. The van der Waals surface area contributed by atoms with Gasteiger partial charge in [-0.1, -0.05) is 25.4 Å². The van der Waals surface area contributed by atoms with Crippen LogP contribution in [0.4, 0.5) is 6.01 Å². The first-order chi connectivity index (χ1) is 5.77. The summed E-state index contributed by atoms with van der Waals surface area (Å²) in [7, 11) is 0. The molecule has 0 radical (unpaired) electrons. The van der Waals surface area contributed by atoms with E-state index in [2.05, 4.69) is 24.0 Å². The average Bonchev–Trinajstić information content (AvgIpc) is 2.47. The van der Waals surface area contributed by atoms with Crippen LogP contribution in [0.5, 0.6) is 0 Å². The maximum Gasteiger partial charge on any atom is 0.312 e. The van der Waals surface area contributed by atoms with Crippen LogP contribution in [0.3, 0.4) is 0 Å².